The molecule has 0 radical (unpaired) electrons. The van der Waals surface area contributed by atoms with Gasteiger partial charge in [-0.2, -0.15) is 0 Å². The van der Waals surface area contributed by atoms with Gasteiger partial charge in [0.15, 0.2) is 0 Å². The number of ether oxygens (including phenoxy) is 1. The van der Waals surface area contributed by atoms with E-state index in [2.05, 4.69) is 29.3 Å². The molecule has 1 unspecified atom stereocenters. The molecule has 16 heavy (non-hydrogen) atoms. The highest BCUT2D eigenvalue weighted by atomic mass is 35.5. The second-order valence-electron chi connectivity index (χ2n) is 4.18. The Bertz CT molecular complexity index is 397. The van der Waals surface area contributed by atoms with E-state index in [4.69, 9.17) is 4.74 Å². The van der Waals surface area contributed by atoms with Crippen LogP contribution in [-0.4, -0.2) is 25.0 Å². The minimum Gasteiger partial charge on any atom is -0.372 e. The van der Waals surface area contributed by atoms with E-state index < -0.39 is 0 Å². The van der Waals surface area contributed by atoms with E-state index >= 15 is 0 Å². The van der Waals surface area contributed by atoms with Crippen molar-refractivity contribution in [2.45, 2.75) is 25.4 Å². The molecular weight excluding hydrogens is 222 g/mol. The molecule has 3 heteroatoms. The number of halogens is 1. The summed E-state index contributed by atoms with van der Waals surface area (Å²) in [5.41, 5.74) is 3.93. The molecule has 1 saturated heterocycles. The van der Waals surface area contributed by atoms with Gasteiger partial charge in [0.2, 0.25) is 0 Å². The summed E-state index contributed by atoms with van der Waals surface area (Å²) in [5, 5.41) is 0. The number of nitrogens with zero attached hydrogens (tertiary/aromatic N) is 1. The predicted octanol–water partition coefficient (Wildman–Crippen LogP) is 2.63. The number of fused-ring (bicyclic) bond motifs is 1. The average Bonchev–Trinajstić information content (AvgIpc) is 2.82. The van der Waals surface area contributed by atoms with E-state index in [1.165, 1.54) is 23.3 Å². The smallest absolute Gasteiger partial charge is 0.0997 e. The number of hydrogen-bond donors (Lipinski definition) is 0. The second-order valence-corrected chi connectivity index (χ2v) is 4.18. The molecule has 0 bridgehead atoms. The Morgan fingerprint density at radius 2 is 2.12 bits per heavy atom. The third-order valence-corrected chi connectivity index (χ3v) is 3.19. The van der Waals surface area contributed by atoms with Crippen molar-refractivity contribution < 1.29 is 4.74 Å². The van der Waals surface area contributed by atoms with Crippen molar-refractivity contribution in [2.24, 2.45) is 4.99 Å². The van der Waals surface area contributed by atoms with Crippen LogP contribution in [0.3, 0.4) is 0 Å². The fraction of sp³-hybridized carbons (Fsp3) is 0.462. The summed E-state index contributed by atoms with van der Waals surface area (Å²) in [6.45, 7) is 1.82. The highest BCUT2D eigenvalue weighted by Gasteiger charge is 2.25. The van der Waals surface area contributed by atoms with Gasteiger partial charge in [-0.1, -0.05) is 24.3 Å². The van der Waals surface area contributed by atoms with Crippen molar-refractivity contribution >= 4 is 18.1 Å². The van der Waals surface area contributed by atoms with Gasteiger partial charge in [0.25, 0.3) is 0 Å². The van der Waals surface area contributed by atoms with Crippen LogP contribution in [-0.2, 0) is 11.2 Å². The van der Waals surface area contributed by atoms with Crippen LogP contribution in [0.15, 0.2) is 29.3 Å². The predicted molar refractivity (Wildman–Crippen MR) is 67.8 cm³/mol. The van der Waals surface area contributed by atoms with E-state index in [1.54, 1.807) is 0 Å². The summed E-state index contributed by atoms with van der Waals surface area (Å²) in [5.74, 6) is 0. The first kappa shape index (κ1) is 11.6. The lowest BCUT2D eigenvalue weighted by molar-refractivity contribution is 0.158. The Hall–Kier alpha value is -0.860. The summed E-state index contributed by atoms with van der Waals surface area (Å²) in [4.78, 5) is 4.64. The standard InChI is InChI=1S/C13H15NO.ClH/c1-2-5-11-10(4-1)7-8-14-13(11)12-6-3-9-15-12;/h1-2,4-5,12H,3,6-9H2;1H. The number of aliphatic imine (C=N–C) groups is 1. The minimum atomic E-state index is 0. The number of benzene rings is 1. The zero-order chi connectivity index (χ0) is 10.1. The topological polar surface area (TPSA) is 21.6 Å². The van der Waals surface area contributed by atoms with Gasteiger partial charge in [0.05, 0.1) is 11.8 Å². The lowest BCUT2D eigenvalue weighted by Crippen LogP contribution is -2.25. The third-order valence-electron chi connectivity index (χ3n) is 3.19. The molecular formula is C13H16ClNO. The van der Waals surface area contributed by atoms with Crippen molar-refractivity contribution in [1.29, 1.82) is 0 Å². The van der Waals surface area contributed by atoms with Gasteiger partial charge in [0, 0.05) is 18.7 Å². The minimum absolute atomic E-state index is 0. The SMILES string of the molecule is Cl.c1ccc2c(c1)CCN=C2C1CCCO1. The number of rotatable bonds is 1. The Labute approximate surface area is 102 Å². The molecule has 2 nitrogen and oxygen atoms in total. The zero-order valence-corrected chi connectivity index (χ0v) is 10.0. The molecule has 1 fully saturated rings. The van der Waals surface area contributed by atoms with E-state index in [9.17, 15) is 0 Å². The third kappa shape index (κ3) is 2.00. The lowest BCUT2D eigenvalue weighted by Gasteiger charge is -2.20. The first-order valence-electron chi connectivity index (χ1n) is 5.69. The fourth-order valence-electron chi connectivity index (χ4n) is 2.44. The van der Waals surface area contributed by atoms with Crippen LogP contribution < -0.4 is 0 Å². The maximum atomic E-state index is 5.72. The zero-order valence-electron chi connectivity index (χ0n) is 9.19. The van der Waals surface area contributed by atoms with Gasteiger partial charge in [-0.25, -0.2) is 0 Å². The molecule has 2 aliphatic rings. The van der Waals surface area contributed by atoms with Crippen molar-refractivity contribution in [1.82, 2.24) is 0 Å². The van der Waals surface area contributed by atoms with E-state index in [-0.39, 0.29) is 18.5 Å². The number of hydrogen-bond acceptors (Lipinski definition) is 2. The fourth-order valence-corrected chi connectivity index (χ4v) is 2.44. The Morgan fingerprint density at radius 3 is 2.94 bits per heavy atom. The Morgan fingerprint density at radius 1 is 1.25 bits per heavy atom. The van der Waals surface area contributed by atoms with Crippen LogP contribution in [0.4, 0.5) is 0 Å². The Balaban J connectivity index is 0.000000963. The van der Waals surface area contributed by atoms with Crippen molar-refractivity contribution in [3.05, 3.63) is 35.4 Å². The molecule has 0 spiro atoms. The molecule has 1 atom stereocenters. The molecule has 0 saturated carbocycles. The van der Waals surface area contributed by atoms with E-state index in [0.29, 0.717) is 0 Å². The highest BCUT2D eigenvalue weighted by Crippen LogP contribution is 2.23. The van der Waals surface area contributed by atoms with Crippen LogP contribution in [0.5, 0.6) is 0 Å². The monoisotopic (exact) mass is 237 g/mol. The van der Waals surface area contributed by atoms with Crippen molar-refractivity contribution in [3.8, 4) is 0 Å². The maximum Gasteiger partial charge on any atom is 0.0997 e. The van der Waals surface area contributed by atoms with Gasteiger partial charge in [-0.05, 0) is 24.8 Å². The first-order valence-corrected chi connectivity index (χ1v) is 5.69. The molecule has 0 aromatic heterocycles. The van der Waals surface area contributed by atoms with Crippen LogP contribution in [0, 0.1) is 0 Å². The van der Waals surface area contributed by atoms with Gasteiger partial charge >= 0.3 is 0 Å². The van der Waals surface area contributed by atoms with Gasteiger partial charge in [-0.3, -0.25) is 4.99 Å². The van der Waals surface area contributed by atoms with Crippen molar-refractivity contribution in [2.75, 3.05) is 13.2 Å². The van der Waals surface area contributed by atoms with Crippen LogP contribution >= 0.6 is 12.4 Å². The second kappa shape index (κ2) is 4.98. The lowest BCUT2D eigenvalue weighted by atomic mass is 9.94. The summed E-state index contributed by atoms with van der Waals surface area (Å²) in [6, 6.07) is 8.58. The quantitative estimate of drug-likeness (QED) is 0.736. The summed E-state index contributed by atoms with van der Waals surface area (Å²) < 4.78 is 5.72. The van der Waals surface area contributed by atoms with E-state index in [0.717, 1.165) is 26.0 Å². The average molecular weight is 238 g/mol. The molecule has 2 aliphatic heterocycles. The first-order chi connectivity index (χ1) is 7.45. The highest BCUT2D eigenvalue weighted by molar-refractivity contribution is 6.05. The molecule has 1 aromatic rings. The molecule has 86 valence electrons. The summed E-state index contributed by atoms with van der Waals surface area (Å²) >= 11 is 0. The molecule has 3 rings (SSSR count). The van der Waals surface area contributed by atoms with Crippen LogP contribution in [0.1, 0.15) is 24.0 Å². The normalized spacial score (nSPS) is 23.2. The van der Waals surface area contributed by atoms with Crippen LogP contribution in [0.25, 0.3) is 0 Å². The van der Waals surface area contributed by atoms with Crippen LogP contribution in [0.2, 0.25) is 0 Å². The van der Waals surface area contributed by atoms with Gasteiger partial charge in [0.1, 0.15) is 0 Å². The molecule has 2 heterocycles. The van der Waals surface area contributed by atoms with Gasteiger partial charge in [-0.15, -0.1) is 12.4 Å². The summed E-state index contributed by atoms with van der Waals surface area (Å²) in [6.07, 6.45) is 3.64. The molecule has 1 aromatic carbocycles. The van der Waals surface area contributed by atoms with E-state index in [1.807, 2.05) is 0 Å². The maximum absolute atomic E-state index is 5.72. The molecule has 0 amide bonds. The van der Waals surface area contributed by atoms with Gasteiger partial charge < -0.3 is 4.74 Å². The largest absolute Gasteiger partial charge is 0.372 e. The molecule has 0 N–H and O–H groups in total. The molecule has 0 aliphatic carbocycles. The summed E-state index contributed by atoms with van der Waals surface area (Å²) in [7, 11) is 0. The Kier molecular flexibility index (Phi) is 3.62. The van der Waals surface area contributed by atoms with Crippen molar-refractivity contribution in [3.63, 3.8) is 0 Å².